The van der Waals surface area contributed by atoms with Crippen LogP contribution < -0.4 is 16.0 Å². The van der Waals surface area contributed by atoms with Crippen molar-refractivity contribution in [3.63, 3.8) is 0 Å². The summed E-state index contributed by atoms with van der Waals surface area (Å²) in [5, 5.41) is 0.670. The van der Waals surface area contributed by atoms with Gasteiger partial charge in [-0.15, -0.1) is 0 Å². The molecule has 30 heavy (non-hydrogen) atoms. The van der Waals surface area contributed by atoms with Gasteiger partial charge in [0.2, 0.25) is 0 Å². The van der Waals surface area contributed by atoms with Gasteiger partial charge >= 0.3 is 0 Å². The number of rotatable bonds is 8. The smallest absolute Gasteiger partial charge is 0.258 e. The van der Waals surface area contributed by atoms with Crippen molar-refractivity contribution in [2.24, 2.45) is 4.99 Å². The first-order valence-electron chi connectivity index (χ1n) is 9.48. The molecule has 0 saturated heterocycles. The number of aliphatic imine (C=N–C) groups is 1. The molecule has 0 saturated carbocycles. The van der Waals surface area contributed by atoms with Gasteiger partial charge < -0.3 is 15.2 Å². The minimum atomic E-state index is -0.201. The molecule has 0 aliphatic carbocycles. The SMILES string of the molecule is COCCN=C(C)c1cc(-n2ccc(OCc3ccc(Cl)cc3)cc2=O)ccc1N. The van der Waals surface area contributed by atoms with Crippen LogP contribution in [0.3, 0.4) is 0 Å². The molecule has 0 atom stereocenters. The van der Waals surface area contributed by atoms with Crippen molar-refractivity contribution in [3.05, 3.63) is 87.3 Å². The molecule has 3 rings (SSSR count). The Morgan fingerprint density at radius 1 is 1.13 bits per heavy atom. The number of halogens is 1. The molecule has 1 heterocycles. The summed E-state index contributed by atoms with van der Waals surface area (Å²) in [4.78, 5) is 17.1. The number of ether oxygens (including phenoxy) is 2. The van der Waals surface area contributed by atoms with E-state index in [1.165, 1.54) is 6.07 Å². The van der Waals surface area contributed by atoms with E-state index in [4.69, 9.17) is 26.8 Å². The summed E-state index contributed by atoms with van der Waals surface area (Å²) in [7, 11) is 1.63. The van der Waals surface area contributed by atoms with E-state index in [0.717, 1.165) is 16.8 Å². The molecule has 0 radical (unpaired) electrons. The van der Waals surface area contributed by atoms with E-state index < -0.39 is 0 Å². The van der Waals surface area contributed by atoms with Gasteiger partial charge in [0.25, 0.3) is 5.56 Å². The van der Waals surface area contributed by atoms with Crippen LogP contribution in [0.4, 0.5) is 5.69 Å². The predicted molar refractivity (Wildman–Crippen MR) is 121 cm³/mol. The molecule has 0 fully saturated rings. The molecular weight excluding hydrogens is 402 g/mol. The Morgan fingerprint density at radius 3 is 2.60 bits per heavy atom. The molecule has 7 heteroatoms. The zero-order chi connectivity index (χ0) is 21.5. The third-order valence-electron chi connectivity index (χ3n) is 4.56. The van der Waals surface area contributed by atoms with Gasteiger partial charge in [0.05, 0.1) is 13.2 Å². The summed E-state index contributed by atoms with van der Waals surface area (Å²) in [5.41, 5.74) is 9.77. The Hall–Kier alpha value is -3.09. The monoisotopic (exact) mass is 425 g/mol. The van der Waals surface area contributed by atoms with E-state index in [9.17, 15) is 4.79 Å². The maximum absolute atomic E-state index is 12.7. The van der Waals surface area contributed by atoms with E-state index in [1.54, 1.807) is 48.2 Å². The predicted octanol–water partition coefficient (Wildman–Crippen LogP) is 4.11. The van der Waals surface area contributed by atoms with Crippen LogP contribution in [0.1, 0.15) is 18.1 Å². The number of nitrogens with zero attached hydrogens (tertiary/aromatic N) is 2. The molecule has 2 aromatic carbocycles. The Morgan fingerprint density at radius 2 is 1.90 bits per heavy atom. The molecule has 0 bridgehead atoms. The number of methoxy groups -OCH3 is 1. The van der Waals surface area contributed by atoms with Gasteiger partial charge in [-0.25, -0.2) is 0 Å². The highest BCUT2D eigenvalue weighted by molar-refractivity contribution is 6.30. The molecule has 0 amide bonds. The van der Waals surface area contributed by atoms with Crippen molar-refractivity contribution in [2.75, 3.05) is 26.0 Å². The van der Waals surface area contributed by atoms with Gasteiger partial charge in [0.15, 0.2) is 0 Å². The van der Waals surface area contributed by atoms with Gasteiger partial charge in [-0.2, -0.15) is 0 Å². The Bertz CT molecular complexity index is 1090. The summed E-state index contributed by atoms with van der Waals surface area (Å²) in [6.07, 6.45) is 1.69. The van der Waals surface area contributed by atoms with Gasteiger partial charge in [0, 0.05) is 47.0 Å². The average Bonchev–Trinajstić information content (AvgIpc) is 2.74. The number of anilines is 1. The molecule has 2 N–H and O–H groups in total. The number of aromatic nitrogens is 1. The second-order valence-electron chi connectivity index (χ2n) is 6.72. The third kappa shape index (κ3) is 5.49. The topological polar surface area (TPSA) is 78.8 Å². The highest BCUT2D eigenvalue weighted by Crippen LogP contribution is 2.19. The van der Waals surface area contributed by atoms with Crippen molar-refractivity contribution in [1.82, 2.24) is 4.57 Å². The first kappa shape index (κ1) is 21.6. The first-order chi connectivity index (χ1) is 14.5. The van der Waals surface area contributed by atoms with E-state index in [2.05, 4.69) is 4.99 Å². The van der Waals surface area contributed by atoms with Crippen LogP contribution in [0.5, 0.6) is 5.75 Å². The molecule has 0 aliphatic heterocycles. The van der Waals surface area contributed by atoms with Crippen molar-refractivity contribution < 1.29 is 9.47 Å². The van der Waals surface area contributed by atoms with Crippen LogP contribution in [0.2, 0.25) is 5.02 Å². The lowest BCUT2D eigenvalue weighted by Gasteiger charge is -2.12. The van der Waals surface area contributed by atoms with E-state index in [1.807, 2.05) is 25.1 Å². The lowest BCUT2D eigenvalue weighted by molar-refractivity contribution is 0.208. The third-order valence-corrected chi connectivity index (χ3v) is 4.81. The van der Waals surface area contributed by atoms with E-state index in [0.29, 0.717) is 41.9 Å². The zero-order valence-corrected chi connectivity index (χ0v) is 17.7. The standard InChI is InChI=1S/C23H24ClN3O3/c1-16(26-10-12-29-2)21-13-19(7-8-22(21)25)27-11-9-20(14-23(27)28)30-15-17-3-5-18(24)6-4-17/h3-9,11,13-14H,10,12,15,25H2,1-2H3. The maximum atomic E-state index is 12.7. The minimum absolute atomic E-state index is 0.201. The number of nitrogens with two attached hydrogens (primary N) is 1. The number of pyridine rings is 1. The van der Waals surface area contributed by atoms with Gasteiger partial charge in [0.1, 0.15) is 12.4 Å². The Kier molecular flexibility index (Phi) is 7.27. The molecular formula is C23H24ClN3O3. The molecule has 6 nitrogen and oxygen atoms in total. The lowest BCUT2D eigenvalue weighted by Crippen LogP contribution is -2.17. The summed E-state index contributed by atoms with van der Waals surface area (Å²) >= 11 is 5.89. The van der Waals surface area contributed by atoms with Crippen LogP contribution in [-0.2, 0) is 11.3 Å². The van der Waals surface area contributed by atoms with Crippen LogP contribution >= 0.6 is 11.6 Å². The molecule has 156 valence electrons. The van der Waals surface area contributed by atoms with Crippen molar-refractivity contribution >= 4 is 23.0 Å². The number of benzene rings is 2. The van der Waals surface area contributed by atoms with Crippen molar-refractivity contribution in [1.29, 1.82) is 0 Å². The molecule has 0 unspecified atom stereocenters. The fourth-order valence-corrected chi connectivity index (χ4v) is 3.03. The average molecular weight is 426 g/mol. The van der Waals surface area contributed by atoms with Crippen LogP contribution in [0, 0.1) is 0 Å². The Labute approximate surface area is 180 Å². The van der Waals surface area contributed by atoms with Crippen LogP contribution in [0.25, 0.3) is 5.69 Å². The van der Waals surface area contributed by atoms with Crippen LogP contribution in [0.15, 0.2) is 70.6 Å². The maximum Gasteiger partial charge on any atom is 0.258 e. The number of hydrogen-bond acceptors (Lipinski definition) is 5. The molecule has 3 aromatic rings. The quantitative estimate of drug-likeness (QED) is 0.334. The summed E-state index contributed by atoms with van der Waals surface area (Å²) in [6, 6.07) is 16.0. The summed E-state index contributed by atoms with van der Waals surface area (Å²) in [6.45, 7) is 3.32. The first-order valence-corrected chi connectivity index (χ1v) is 9.86. The minimum Gasteiger partial charge on any atom is -0.489 e. The molecule has 1 aromatic heterocycles. The van der Waals surface area contributed by atoms with Crippen LogP contribution in [-0.4, -0.2) is 30.5 Å². The normalized spacial score (nSPS) is 11.5. The second-order valence-corrected chi connectivity index (χ2v) is 7.15. The van der Waals surface area contributed by atoms with Gasteiger partial charge in [-0.3, -0.25) is 14.4 Å². The Balaban J connectivity index is 1.79. The highest BCUT2D eigenvalue weighted by Gasteiger charge is 2.08. The highest BCUT2D eigenvalue weighted by atomic mass is 35.5. The van der Waals surface area contributed by atoms with E-state index >= 15 is 0 Å². The summed E-state index contributed by atoms with van der Waals surface area (Å²) < 4.78 is 12.3. The van der Waals surface area contributed by atoms with Crippen molar-refractivity contribution in [2.45, 2.75) is 13.5 Å². The van der Waals surface area contributed by atoms with E-state index in [-0.39, 0.29) is 5.56 Å². The van der Waals surface area contributed by atoms with Crippen molar-refractivity contribution in [3.8, 4) is 11.4 Å². The number of nitrogen functional groups attached to an aromatic ring is 1. The molecule has 0 aliphatic rings. The fraction of sp³-hybridized carbons (Fsp3) is 0.217. The van der Waals surface area contributed by atoms with Gasteiger partial charge in [-0.1, -0.05) is 23.7 Å². The molecule has 0 spiro atoms. The largest absolute Gasteiger partial charge is 0.489 e. The zero-order valence-electron chi connectivity index (χ0n) is 17.0. The fourth-order valence-electron chi connectivity index (χ4n) is 2.91. The summed E-state index contributed by atoms with van der Waals surface area (Å²) in [5.74, 6) is 0.499. The second kappa shape index (κ2) is 10.1. The van der Waals surface area contributed by atoms with Gasteiger partial charge in [-0.05, 0) is 48.9 Å². The number of hydrogen-bond donors (Lipinski definition) is 1. The lowest BCUT2D eigenvalue weighted by atomic mass is 10.1.